The minimum absolute atomic E-state index is 0.426. The van der Waals surface area contributed by atoms with Crippen LogP contribution in [0.3, 0.4) is 0 Å². The largest absolute Gasteiger partial charge is 0.433 e. The second-order valence-corrected chi connectivity index (χ2v) is 4.78. The maximum absolute atomic E-state index is 10.7. The number of carbonyl (C=O) groups is 2. The van der Waals surface area contributed by atoms with Crippen molar-refractivity contribution in [3.8, 4) is 0 Å². The van der Waals surface area contributed by atoms with Crippen LogP contribution in [0.15, 0.2) is 25.3 Å². The van der Waals surface area contributed by atoms with Gasteiger partial charge < -0.3 is 24.4 Å². The third-order valence-electron chi connectivity index (χ3n) is 2.59. The van der Waals surface area contributed by atoms with E-state index in [0.717, 1.165) is 18.6 Å². The predicted molar refractivity (Wildman–Crippen MR) is 84.9 cm³/mol. The van der Waals surface area contributed by atoms with Crippen molar-refractivity contribution in [1.82, 2.24) is 0 Å². The Bertz CT molecular complexity index is 339. The monoisotopic (exact) mass is 332 g/mol. The van der Waals surface area contributed by atoms with Gasteiger partial charge in [0.1, 0.15) is 0 Å². The van der Waals surface area contributed by atoms with E-state index in [4.69, 9.17) is 14.9 Å². The number of esters is 2. The van der Waals surface area contributed by atoms with E-state index >= 15 is 0 Å². The summed E-state index contributed by atoms with van der Waals surface area (Å²) in [6.45, 7) is 13.5. The molecule has 0 fully saturated rings. The lowest BCUT2D eigenvalue weighted by Crippen LogP contribution is -2.25. The SMILES string of the molecule is C=CC(=O)OC(C)OC(C)OC(=O)C=C.CCC(C)CC(O)O. The van der Waals surface area contributed by atoms with Crippen LogP contribution in [0.1, 0.15) is 40.5 Å². The lowest BCUT2D eigenvalue weighted by Gasteiger charge is -2.18. The second kappa shape index (κ2) is 13.9. The Balaban J connectivity index is 0. The van der Waals surface area contributed by atoms with Gasteiger partial charge in [0.15, 0.2) is 6.29 Å². The molecule has 0 saturated carbocycles. The second-order valence-electron chi connectivity index (χ2n) is 4.78. The van der Waals surface area contributed by atoms with Crippen LogP contribution in [0.2, 0.25) is 0 Å². The van der Waals surface area contributed by atoms with Gasteiger partial charge in [-0.2, -0.15) is 0 Å². The highest BCUT2D eigenvalue weighted by Crippen LogP contribution is 2.07. The smallest absolute Gasteiger partial charge is 0.332 e. The molecule has 0 aliphatic heterocycles. The van der Waals surface area contributed by atoms with E-state index in [2.05, 4.69) is 22.6 Å². The van der Waals surface area contributed by atoms with Crippen LogP contribution in [0.5, 0.6) is 0 Å². The standard InChI is InChI=1S/C10H14O5.C6H14O2/c1-5-9(11)14-7(3)13-8(4)15-10(12)6-2;1-3-5(2)4-6(7)8/h5-8H,1-2H2,3-4H3;5-8H,3-4H2,1-2H3. The summed E-state index contributed by atoms with van der Waals surface area (Å²) in [5.41, 5.74) is 0. The molecule has 3 atom stereocenters. The molecule has 0 heterocycles. The molecule has 0 rings (SSSR count). The van der Waals surface area contributed by atoms with E-state index in [1.54, 1.807) is 0 Å². The Morgan fingerprint density at radius 3 is 1.61 bits per heavy atom. The molecule has 0 radical (unpaired) electrons. The number of ether oxygens (including phenoxy) is 3. The van der Waals surface area contributed by atoms with Gasteiger partial charge in [-0.1, -0.05) is 33.4 Å². The van der Waals surface area contributed by atoms with Crippen LogP contribution >= 0.6 is 0 Å². The molecule has 7 nitrogen and oxygen atoms in total. The van der Waals surface area contributed by atoms with Crippen LogP contribution < -0.4 is 0 Å². The van der Waals surface area contributed by atoms with Crippen LogP contribution in [-0.2, 0) is 23.8 Å². The first-order chi connectivity index (χ1) is 10.7. The zero-order valence-corrected chi connectivity index (χ0v) is 14.2. The summed E-state index contributed by atoms with van der Waals surface area (Å²) in [7, 11) is 0. The third kappa shape index (κ3) is 16.5. The predicted octanol–water partition coefficient (Wildman–Crippen LogP) is 1.89. The molecular formula is C16H28O7. The average molecular weight is 332 g/mol. The number of aliphatic hydroxyl groups is 2. The van der Waals surface area contributed by atoms with Gasteiger partial charge in [-0.05, 0) is 19.8 Å². The Morgan fingerprint density at radius 1 is 1.00 bits per heavy atom. The quantitative estimate of drug-likeness (QED) is 0.377. The van der Waals surface area contributed by atoms with E-state index in [-0.39, 0.29) is 0 Å². The maximum atomic E-state index is 10.7. The lowest BCUT2D eigenvalue weighted by molar-refractivity contribution is -0.222. The summed E-state index contributed by atoms with van der Waals surface area (Å²) < 4.78 is 14.4. The van der Waals surface area contributed by atoms with Crippen molar-refractivity contribution >= 4 is 11.9 Å². The van der Waals surface area contributed by atoms with E-state index in [1.165, 1.54) is 13.8 Å². The summed E-state index contributed by atoms with van der Waals surface area (Å²) in [5, 5.41) is 16.8. The topological polar surface area (TPSA) is 102 Å². The van der Waals surface area contributed by atoms with Crippen molar-refractivity contribution in [3.05, 3.63) is 25.3 Å². The summed E-state index contributed by atoms with van der Waals surface area (Å²) in [6, 6.07) is 0. The van der Waals surface area contributed by atoms with Crippen LogP contribution in [0.4, 0.5) is 0 Å². The highest BCUT2D eigenvalue weighted by atomic mass is 16.8. The number of rotatable bonds is 9. The Kier molecular flexibility index (Phi) is 14.3. The molecule has 0 aliphatic carbocycles. The van der Waals surface area contributed by atoms with Gasteiger partial charge >= 0.3 is 11.9 Å². The van der Waals surface area contributed by atoms with Gasteiger partial charge in [0.25, 0.3) is 0 Å². The minimum atomic E-state index is -1.12. The fourth-order valence-electron chi connectivity index (χ4n) is 1.28. The molecule has 0 aliphatic rings. The lowest BCUT2D eigenvalue weighted by atomic mass is 10.1. The summed E-state index contributed by atoms with van der Waals surface area (Å²) >= 11 is 0. The highest BCUT2D eigenvalue weighted by molar-refractivity contribution is 5.81. The first-order valence-electron chi connectivity index (χ1n) is 7.33. The Morgan fingerprint density at radius 2 is 1.39 bits per heavy atom. The summed E-state index contributed by atoms with van der Waals surface area (Å²) in [4.78, 5) is 21.5. The average Bonchev–Trinajstić information content (AvgIpc) is 2.46. The molecule has 2 N–H and O–H groups in total. The fourth-order valence-corrected chi connectivity index (χ4v) is 1.28. The third-order valence-corrected chi connectivity index (χ3v) is 2.59. The molecule has 0 aromatic carbocycles. The van der Waals surface area contributed by atoms with Gasteiger partial charge in [-0.15, -0.1) is 0 Å². The molecule has 0 aromatic heterocycles. The maximum Gasteiger partial charge on any atom is 0.332 e. The number of hydrogen-bond acceptors (Lipinski definition) is 7. The molecule has 23 heavy (non-hydrogen) atoms. The van der Waals surface area contributed by atoms with Gasteiger partial charge in [-0.25, -0.2) is 9.59 Å². The van der Waals surface area contributed by atoms with Gasteiger partial charge in [0.05, 0.1) is 0 Å². The molecule has 7 heteroatoms. The van der Waals surface area contributed by atoms with E-state index in [0.29, 0.717) is 12.3 Å². The molecule has 0 bridgehead atoms. The molecule has 134 valence electrons. The Hall–Kier alpha value is -1.70. The van der Waals surface area contributed by atoms with E-state index in [1.807, 2.05) is 13.8 Å². The normalized spacial score (nSPS) is 13.9. The molecule has 0 amide bonds. The molecular weight excluding hydrogens is 304 g/mol. The highest BCUT2D eigenvalue weighted by Gasteiger charge is 2.13. The number of aliphatic hydroxyl groups excluding tert-OH is 1. The van der Waals surface area contributed by atoms with Crippen molar-refractivity contribution in [1.29, 1.82) is 0 Å². The first kappa shape index (κ1) is 23.6. The van der Waals surface area contributed by atoms with Gasteiger partial charge in [-0.3, -0.25) is 0 Å². The first-order valence-corrected chi connectivity index (χ1v) is 7.33. The fraction of sp³-hybridized carbons (Fsp3) is 0.625. The van der Waals surface area contributed by atoms with E-state index in [9.17, 15) is 9.59 Å². The van der Waals surface area contributed by atoms with Gasteiger partial charge in [0, 0.05) is 18.6 Å². The van der Waals surface area contributed by atoms with Crippen LogP contribution in [0.25, 0.3) is 0 Å². The zero-order valence-electron chi connectivity index (χ0n) is 14.2. The van der Waals surface area contributed by atoms with Crippen molar-refractivity contribution in [2.24, 2.45) is 5.92 Å². The van der Waals surface area contributed by atoms with Crippen molar-refractivity contribution < 1.29 is 34.0 Å². The zero-order chi connectivity index (χ0) is 18.4. The van der Waals surface area contributed by atoms with E-state index < -0.39 is 30.8 Å². The van der Waals surface area contributed by atoms with Gasteiger partial charge in [0.2, 0.25) is 12.6 Å². The minimum Gasteiger partial charge on any atom is -0.433 e. The molecule has 0 saturated heterocycles. The summed E-state index contributed by atoms with van der Waals surface area (Å²) in [6.07, 6.45) is 0.783. The van der Waals surface area contributed by atoms with Crippen LogP contribution in [0, 0.1) is 5.92 Å². The Labute approximate surface area is 137 Å². The van der Waals surface area contributed by atoms with Crippen molar-refractivity contribution in [2.75, 3.05) is 0 Å². The molecule has 3 unspecified atom stereocenters. The number of carbonyl (C=O) groups excluding carboxylic acids is 2. The summed E-state index contributed by atoms with van der Waals surface area (Å²) in [5.74, 6) is -0.788. The van der Waals surface area contributed by atoms with Crippen LogP contribution in [-0.4, -0.2) is 41.0 Å². The van der Waals surface area contributed by atoms with Crippen molar-refractivity contribution in [2.45, 2.75) is 59.4 Å². The molecule has 0 spiro atoms. The van der Waals surface area contributed by atoms with Crippen molar-refractivity contribution in [3.63, 3.8) is 0 Å². The molecule has 0 aromatic rings. The number of hydrogen-bond donors (Lipinski definition) is 2.